The summed E-state index contributed by atoms with van der Waals surface area (Å²) in [5.74, 6) is -1.70. The molecule has 0 unspecified atom stereocenters. The van der Waals surface area contributed by atoms with Crippen molar-refractivity contribution in [1.82, 2.24) is 24.9 Å². The summed E-state index contributed by atoms with van der Waals surface area (Å²) in [7, 11) is 3.40. The predicted molar refractivity (Wildman–Crippen MR) is 74.0 cm³/mol. The number of aryl methyl sites for hydroxylation is 3. The van der Waals surface area contributed by atoms with Gasteiger partial charge >= 0.3 is 5.97 Å². The van der Waals surface area contributed by atoms with Crippen LogP contribution in [-0.4, -0.2) is 36.5 Å². The van der Waals surface area contributed by atoms with E-state index in [9.17, 15) is 9.59 Å². The Bertz CT molecular complexity index is 714. The largest absolute Gasteiger partial charge is 0.476 e. The Balaban J connectivity index is 2.17. The molecule has 8 heteroatoms. The second kappa shape index (κ2) is 5.39. The molecule has 2 rings (SSSR count). The van der Waals surface area contributed by atoms with Crippen molar-refractivity contribution in [1.29, 1.82) is 0 Å². The maximum atomic E-state index is 12.1. The highest BCUT2D eigenvalue weighted by atomic mass is 16.4. The van der Waals surface area contributed by atoms with Crippen LogP contribution in [0.25, 0.3) is 0 Å². The number of carbonyl (C=O) groups is 2. The number of aromatic nitrogens is 4. The summed E-state index contributed by atoms with van der Waals surface area (Å²) in [5, 5.41) is 19.8. The number of nitrogens with one attached hydrogen (secondary N) is 1. The Morgan fingerprint density at radius 2 is 1.95 bits per heavy atom. The fraction of sp³-hybridized carbons (Fsp3) is 0.385. The summed E-state index contributed by atoms with van der Waals surface area (Å²) in [6.07, 6.45) is 1.39. The lowest BCUT2D eigenvalue weighted by Crippen LogP contribution is -2.24. The second-order valence-corrected chi connectivity index (χ2v) is 4.83. The minimum Gasteiger partial charge on any atom is -0.476 e. The first-order valence-electron chi connectivity index (χ1n) is 6.35. The molecule has 0 aromatic carbocycles. The molecule has 0 bridgehead atoms. The van der Waals surface area contributed by atoms with E-state index in [0.29, 0.717) is 0 Å². The van der Waals surface area contributed by atoms with Crippen LogP contribution in [0.1, 0.15) is 37.8 Å². The lowest BCUT2D eigenvalue weighted by Gasteiger charge is -2.05. The van der Waals surface area contributed by atoms with Crippen molar-refractivity contribution < 1.29 is 14.7 Å². The minimum absolute atomic E-state index is 0.0456. The number of carboxylic acid groups (broad SMARTS) is 1. The van der Waals surface area contributed by atoms with Gasteiger partial charge in [0, 0.05) is 38.1 Å². The Labute approximate surface area is 121 Å². The van der Waals surface area contributed by atoms with Gasteiger partial charge in [0.25, 0.3) is 5.91 Å². The normalized spacial score (nSPS) is 10.7. The topological polar surface area (TPSA) is 102 Å². The van der Waals surface area contributed by atoms with Gasteiger partial charge in [0.15, 0.2) is 5.69 Å². The number of nitrogens with zero attached hydrogens (tertiary/aromatic N) is 4. The summed E-state index contributed by atoms with van der Waals surface area (Å²) in [4.78, 5) is 23.2. The van der Waals surface area contributed by atoms with E-state index in [1.807, 2.05) is 20.9 Å². The first-order valence-corrected chi connectivity index (χ1v) is 6.35. The van der Waals surface area contributed by atoms with E-state index in [-0.39, 0.29) is 17.8 Å². The first kappa shape index (κ1) is 14.8. The lowest BCUT2D eigenvalue weighted by molar-refractivity contribution is 0.0684. The summed E-state index contributed by atoms with van der Waals surface area (Å²) in [6.45, 7) is 4.06. The van der Waals surface area contributed by atoms with Crippen molar-refractivity contribution in [2.24, 2.45) is 14.1 Å². The fourth-order valence-electron chi connectivity index (χ4n) is 2.15. The number of rotatable bonds is 4. The van der Waals surface area contributed by atoms with Gasteiger partial charge in [-0.2, -0.15) is 10.2 Å². The van der Waals surface area contributed by atoms with Crippen molar-refractivity contribution in [3.05, 3.63) is 34.4 Å². The van der Waals surface area contributed by atoms with E-state index in [1.54, 1.807) is 11.7 Å². The maximum absolute atomic E-state index is 12.1. The molecule has 0 atom stereocenters. The van der Waals surface area contributed by atoms with Crippen LogP contribution in [0.5, 0.6) is 0 Å². The van der Waals surface area contributed by atoms with Gasteiger partial charge in [-0.25, -0.2) is 4.79 Å². The van der Waals surface area contributed by atoms with E-state index >= 15 is 0 Å². The third-order valence-corrected chi connectivity index (χ3v) is 3.36. The van der Waals surface area contributed by atoms with E-state index in [1.165, 1.54) is 10.9 Å². The number of amides is 1. The van der Waals surface area contributed by atoms with E-state index in [0.717, 1.165) is 17.0 Å². The average Bonchev–Trinajstić information content (AvgIpc) is 2.90. The molecule has 2 heterocycles. The molecule has 1 amide bonds. The number of carboxylic acids is 1. The highest BCUT2D eigenvalue weighted by molar-refractivity contribution is 6.03. The van der Waals surface area contributed by atoms with Crippen LogP contribution in [-0.2, 0) is 20.6 Å². The number of aromatic carboxylic acids is 1. The SMILES string of the molecule is Cc1nn(C)c(C)c1CNC(=O)c1cn(C)nc1C(=O)O. The zero-order valence-electron chi connectivity index (χ0n) is 12.3. The smallest absolute Gasteiger partial charge is 0.357 e. The summed E-state index contributed by atoms with van der Waals surface area (Å²) in [6, 6.07) is 0. The third-order valence-electron chi connectivity index (χ3n) is 3.36. The van der Waals surface area contributed by atoms with Gasteiger partial charge in [0.1, 0.15) is 0 Å². The van der Waals surface area contributed by atoms with Gasteiger partial charge in [0.2, 0.25) is 0 Å². The van der Waals surface area contributed by atoms with E-state index < -0.39 is 11.9 Å². The Morgan fingerprint density at radius 1 is 1.29 bits per heavy atom. The van der Waals surface area contributed by atoms with E-state index in [2.05, 4.69) is 15.5 Å². The average molecular weight is 291 g/mol. The standard InChI is InChI=1S/C13H17N5O3/c1-7-9(8(2)18(4)15-7)5-14-12(19)10-6-17(3)16-11(10)13(20)21/h6H,5H2,1-4H3,(H,14,19)(H,20,21). The van der Waals surface area contributed by atoms with Gasteiger partial charge < -0.3 is 10.4 Å². The zero-order chi connectivity index (χ0) is 15.7. The predicted octanol–water partition coefficient (Wildman–Crippen LogP) is 0.399. The Morgan fingerprint density at radius 3 is 2.48 bits per heavy atom. The van der Waals surface area contributed by atoms with Crippen LogP contribution < -0.4 is 5.32 Å². The second-order valence-electron chi connectivity index (χ2n) is 4.83. The number of hydrogen-bond donors (Lipinski definition) is 2. The molecule has 0 aliphatic rings. The summed E-state index contributed by atoms with van der Waals surface area (Å²) >= 11 is 0. The van der Waals surface area contributed by atoms with Crippen LogP contribution in [0, 0.1) is 13.8 Å². The van der Waals surface area contributed by atoms with Crippen molar-refractivity contribution in [2.75, 3.05) is 0 Å². The fourth-order valence-corrected chi connectivity index (χ4v) is 2.15. The quantitative estimate of drug-likeness (QED) is 0.849. The van der Waals surface area contributed by atoms with Gasteiger partial charge in [-0.1, -0.05) is 0 Å². The highest BCUT2D eigenvalue weighted by Crippen LogP contribution is 2.12. The summed E-state index contributed by atoms with van der Waals surface area (Å²) in [5.41, 5.74) is 2.50. The molecule has 0 fully saturated rings. The van der Waals surface area contributed by atoms with E-state index in [4.69, 9.17) is 5.11 Å². The molecule has 0 saturated heterocycles. The molecule has 0 aliphatic carbocycles. The lowest BCUT2D eigenvalue weighted by atomic mass is 10.2. The molecule has 8 nitrogen and oxygen atoms in total. The first-order chi connectivity index (χ1) is 9.81. The molecular formula is C13H17N5O3. The van der Waals surface area contributed by atoms with Crippen LogP contribution in [0.3, 0.4) is 0 Å². The zero-order valence-corrected chi connectivity index (χ0v) is 12.3. The molecule has 0 saturated carbocycles. The van der Waals surface area contributed by atoms with Crippen molar-refractivity contribution in [3.63, 3.8) is 0 Å². The third kappa shape index (κ3) is 2.78. The van der Waals surface area contributed by atoms with Crippen molar-refractivity contribution in [3.8, 4) is 0 Å². The van der Waals surface area contributed by atoms with Crippen LogP contribution >= 0.6 is 0 Å². The van der Waals surface area contributed by atoms with Gasteiger partial charge in [-0.3, -0.25) is 14.2 Å². The molecule has 2 aromatic heterocycles. The number of hydrogen-bond acceptors (Lipinski definition) is 4. The van der Waals surface area contributed by atoms with Crippen LogP contribution in [0.2, 0.25) is 0 Å². The Kier molecular flexibility index (Phi) is 3.79. The minimum atomic E-state index is -1.23. The van der Waals surface area contributed by atoms with Crippen LogP contribution in [0.4, 0.5) is 0 Å². The van der Waals surface area contributed by atoms with Gasteiger partial charge in [-0.15, -0.1) is 0 Å². The van der Waals surface area contributed by atoms with Gasteiger partial charge in [-0.05, 0) is 13.8 Å². The van der Waals surface area contributed by atoms with Crippen molar-refractivity contribution in [2.45, 2.75) is 20.4 Å². The molecule has 2 aromatic rings. The molecular weight excluding hydrogens is 274 g/mol. The number of carbonyl (C=O) groups excluding carboxylic acids is 1. The molecule has 0 aliphatic heterocycles. The highest BCUT2D eigenvalue weighted by Gasteiger charge is 2.21. The molecule has 2 N–H and O–H groups in total. The summed E-state index contributed by atoms with van der Waals surface area (Å²) < 4.78 is 3.04. The maximum Gasteiger partial charge on any atom is 0.357 e. The monoisotopic (exact) mass is 291 g/mol. The molecule has 0 radical (unpaired) electrons. The molecule has 0 spiro atoms. The van der Waals surface area contributed by atoms with Crippen LogP contribution in [0.15, 0.2) is 6.20 Å². The van der Waals surface area contributed by atoms with Crippen molar-refractivity contribution >= 4 is 11.9 Å². The van der Waals surface area contributed by atoms with Gasteiger partial charge in [0.05, 0.1) is 11.3 Å². The molecule has 21 heavy (non-hydrogen) atoms. The molecule has 112 valence electrons. The Hall–Kier alpha value is -2.64.